The Bertz CT molecular complexity index is 936. The number of nitrogens with zero attached hydrogens (tertiary/aromatic N) is 4. The highest BCUT2D eigenvalue weighted by Crippen LogP contribution is 2.31. The quantitative estimate of drug-likeness (QED) is 0.492. The van der Waals surface area contributed by atoms with Crippen molar-refractivity contribution < 1.29 is 4.92 Å². The van der Waals surface area contributed by atoms with Crippen molar-refractivity contribution >= 4 is 34.7 Å². The van der Waals surface area contributed by atoms with Gasteiger partial charge in [0, 0.05) is 41.7 Å². The van der Waals surface area contributed by atoms with Crippen LogP contribution in [0.2, 0.25) is 5.02 Å². The SMILES string of the molecule is CCNc1nc(Nc2cc(Cl)ccc2[N+](=O)[O-])cc(-c2cccnc2)n1. The molecule has 3 rings (SSSR count). The summed E-state index contributed by atoms with van der Waals surface area (Å²) in [4.78, 5) is 23.7. The Balaban J connectivity index is 2.04. The summed E-state index contributed by atoms with van der Waals surface area (Å²) in [5.74, 6) is 0.807. The van der Waals surface area contributed by atoms with Crippen molar-refractivity contribution in [1.82, 2.24) is 15.0 Å². The van der Waals surface area contributed by atoms with Crippen molar-refractivity contribution in [2.75, 3.05) is 17.2 Å². The van der Waals surface area contributed by atoms with Crippen LogP contribution in [0.15, 0.2) is 48.8 Å². The van der Waals surface area contributed by atoms with Crippen LogP contribution in [0.4, 0.5) is 23.1 Å². The smallest absolute Gasteiger partial charge is 0.292 e. The topological polar surface area (TPSA) is 106 Å². The number of anilines is 3. The molecule has 132 valence electrons. The van der Waals surface area contributed by atoms with Gasteiger partial charge in [0.05, 0.1) is 10.6 Å². The van der Waals surface area contributed by atoms with Gasteiger partial charge in [0.25, 0.3) is 5.69 Å². The van der Waals surface area contributed by atoms with E-state index in [2.05, 4.69) is 25.6 Å². The lowest BCUT2D eigenvalue weighted by Crippen LogP contribution is -2.06. The van der Waals surface area contributed by atoms with Crippen molar-refractivity contribution in [2.45, 2.75) is 6.92 Å². The molecule has 2 N–H and O–H groups in total. The number of benzene rings is 1. The van der Waals surface area contributed by atoms with Crippen molar-refractivity contribution in [3.05, 3.63) is 63.9 Å². The molecule has 0 saturated carbocycles. The van der Waals surface area contributed by atoms with E-state index in [0.717, 1.165) is 5.56 Å². The maximum absolute atomic E-state index is 11.3. The fourth-order valence-electron chi connectivity index (χ4n) is 2.32. The van der Waals surface area contributed by atoms with Gasteiger partial charge in [-0.15, -0.1) is 0 Å². The van der Waals surface area contributed by atoms with Crippen LogP contribution < -0.4 is 10.6 Å². The second kappa shape index (κ2) is 7.75. The van der Waals surface area contributed by atoms with E-state index in [0.29, 0.717) is 29.0 Å². The van der Waals surface area contributed by atoms with Crippen LogP contribution in [0.25, 0.3) is 11.3 Å². The Morgan fingerprint density at radius 3 is 2.77 bits per heavy atom. The number of halogens is 1. The zero-order chi connectivity index (χ0) is 18.5. The molecule has 0 aliphatic carbocycles. The second-order valence-electron chi connectivity index (χ2n) is 5.28. The minimum atomic E-state index is -0.479. The molecule has 0 saturated heterocycles. The molecule has 2 heterocycles. The van der Waals surface area contributed by atoms with Gasteiger partial charge < -0.3 is 10.6 Å². The zero-order valence-corrected chi connectivity index (χ0v) is 14.6. The van der Waals surface area contributed by atoms with Crippen molar-refractivity contribution in [3.63, 3.8) is 0 Å². The number of rotatable bonds is 6. The average Bonchev–Trinajstić information content (AvgIpc) is 2.62. The van der Waals surface area contributed by atoms with Gasteiger partial charge in [-0.25, -0.2) is 4.98 Å². The molecule has 2 aromatic heterocycles. The van der Waals surface area contributed by atoms with Crippen LogP contribution in [0.1, 0.15) is 6.92 Å². The fourth-order valence-corrected chi connectivity index (χ4v) is 2.49. The lowest BCUT2D eigenvalue weighted by atomic mass is 10.2. The number of nitro groups is 1. The first-order valence-corrected chi connectivity index (χ1v) is 8.19. The van der Waals surface area contributed by atoms with E-state index >= 15 is 0 Å². The molecule has 0 fully saturated rings. The monoisotopic (exact) mass is 370 g/mol. The molecule has 3 aromatic rings. The van der Waals surface area contributed by atoms with E-state index in [-0.39, 0.29) is 11.4 Å². The number of aromatic nitrogens is 3. The molecule has 8 nitrogen and oxygen atoms in total. The molecule has 26 heavy (non-hydrogen) atoms. The highest BCUT2D eigenvalue weighted by molar-refractivity contribution is 6.31. The van der Waals surface area contributed by atoms with E-state index in [4.69, 9.17) is 11.6 Å². The molecule has 0 atom stereocenters. The number of hydrogen-bond donors (Lipinski definition) is 2. The van der Waals surface area contributed by atoms with Gasteiger partial charge in [-0.05, 0) is 31.2 Å². The standard InChI is InChI=1S/C17H15ClN6O2/c1-2-20-17-22-13(11-4-3-7-19-10-11)9-16(23-17)21-14-8-12(18)5-6-15(14)24(25)26/h3-10H,2H2,1H3,(H2,20,21,22,23). The van der Waals surface area contributed by atoms with Gasteiger partial charge in [-0.1, -0.05) is 11.6 Å². The number of nitrogens with one attached hydrogen (secondary N) is 2. The molecule has 9 heteroatoms. The summed E-state index contributed by atoms with van der Waals surface area (Å²) < 4.78 is 0. The van der Waals surface area contributed by atoms with Crippen LogP contribution in [-0.4, -0.2) is 26.4 Å². The lowest BCUT2D eigenvalue weighted by Gasteiger charge is -2.11. The zero-order valence-electron chi connectivity index (χ0n) is 13.8. The summed E-state index contributed by atoms with van der Waals surface area (Å²) in [7, 11) is 0. The van der Waals surface area contributed by atoms with Crippen LogP contribution in [0.5, 0.6) is 0 Å². The molecule has 1 aromatic carbocycles. The molecule has 0 amide bonds. The minimum absolute atomic E-state index is 0.0964. The predicted octanol–water partition coefficient (Wildman–Crippen LogP) is 4.28. The van der Waals surface area contributed by atoms with Crippen LogP contribution in [-0.2, 0) is 0 Å². The Labute approximate surface area is 154 Å². The van der Waals surface area contributed by atoms with Crippen LogP contribution in [0.3, 0.4) is 0 Å². The minimum Gasteiger partial charge on any atom is -0.354 e. The first-order valence-electron chi connectivity index (χ1n) is 7.81. The molecular formula is C17H15ClN6O2. The number of hydrogen-bond acceptors (Lipinski definition) is 7. The maximum atomic E-state index is 11.3. The predicted molar refractivity (Wildman–Crippen MR) is 101 cm³/mol. The summed E-state index contributed by atoms with van der Waals surface area (Å²) in [6, 6.07) is 9.67. The number of nitro benzene ring substituents is 1. The van der Waals surface area contributed by atoms with E-state index in [1.165, 1.54) is 18.2 Å². The highest BCUT2D eigenvalue weighted by atomic mass is 35.5. The number of pyridine rings is 1. The first kappa shape index (κ1) is 17.6. The summed E-state index contributed by atoms with van der Waals surface area (Å²) in [5.41, 5.74) is 1.59. The third-order valence-corrected chi connectivity index (χ3v) is 3.67. The molecule has 0 aliphatic rings. The van der Waals surface area contributed by atoms with Gasteiger partial charge in [0.2, 0.25) is 5.95 Å². The third kappa shape index (κ3) is 4.04. The normalized spacial score (nSPS) is 10.4. The molecule has 0 bridgehead atoms. The summed E-state index contributed by atoms with van der Waals surface area (Å²) in [5, 5.41) is 17.6. The van der Waals surface area contributed by atoms with Crippen LogP contribution >= 0.6 is 11.6 Å². The van der Waals surface area contributed by atoms with Crippen molar-refractivity contribution in [2.24, 2.45) is 0 Å². The largest absolute Gasteiger partial charge is 0.354 e. The fraction of sp³-hybridized carbons (Fsp3) is 0.118. The van der Waals surface area contributed by atoms with E-state index in [1.807, 2.05) is 13.0 Å². The van der Waals surface area contributed by atoms with Gasteiger partial charge in [0.1, 0.15) is 11.5 Å². The van der Waals surface area contributed by atoms with E-state index < -0.39 is 4.92 Å². The Hall–Kier alpha value is -3.26. The summed E-state index contributed by atoms with van der Waals surface area (Å²) >= 11 is 5.98. The van der Waals surface area contributed by atoms with E-state index in [1.54, 1.807) is 24.5 Å². The lowest BCUT2D eigenvalue weighted by molar-refractivity contribution is -0.383. The molecule has 0 radical (unpaired) electrons. The van der Waals surface area contributed by atoms with Gasteiger partial charge in [-0.2, -0.15) is 4.98 Å². The molecular weight excluding hydrogens is 356 g/mol. The second-order valence-corrected chi connectivity index (χ2v) is 5.71. The summed E-state index contributed by atoms with van der Waals surface area (Å²) in [6.07, 6.45) is 3.36. The maximum Gasteiger partial charge on any atom is 0.292 e. The van der Waals surface area contributed by atoms with Crippen LogP contribution in [0, 0.1) is 10.1 Å². The van der Waals surface area contributed by atoms with Gasteiger partial charge in [-0.3, -0.25) is 15.1 Å². The van der Waals surface area contributed by atoms with Crippen molar-refractivity contribution in [3.8, 4) is 11.3 Å². The van der Waals surface area contributed by atoms with Gasteiger partial charge >= 0.3 is 0 Å². The molecule has 0 spiro atoms. The third-order valence-electron chi connectivity index (χ3n) is 3.44. The Morgan fingerprint density at radius 2 is 2.08 bits per heavy atom. The van der Waals surface area contributed by atoms with Gasteiger partial charge in [0.15, 0.2) is 0 Å². The average molecular weight is 371 g/mol. The van der Waals surface area contributed by atoms with Crippen molar-refractivity contribution in [1.29, 1.82) is 0 Å². The summed E-state index contributed by atoms with van der Waals surface area (Å²) in [6.45, 7) is 2.56. The Morgan fingerprint density at radius 1 is 1.23 bits per heavy atom. The molecule has 0 aliphatic heterocycles. The molecule has 0 unspecified atom stereocenters. The van der Waals surface area contributed by atoms with E-state index in [9.17, 15) is 10.1 Å². The highest BCUT2D eigenvalue weighted by Gasteiger charge is 2.16. The Kier molecular flexibility index (Phi) is 5.23. The first-order chi connectivity index (χ1) is 12.6.